The summed E-state index contributed by atoms with van der Waals surface area (Å²) in [6, 6.07) is 5.69. The maximum absolute atomic E-state index is 10.8. The van der Waals surface area contributed by atoms with Gasteiger partial charge in [0.25, 0.3) is 0 Å². The Hall–Kier alpha value is -0.330. The maximum atomic E-state index is 10.8. The van der Waals surface area contributed by atoms with Crippen LogP contribution in [-0.4, -0.2) is 13.0 Å². The molecule has 0 spiro atoms. The molecule has 0 aromatic heterocycles. The summed E-state index contributed by atoms with van der Waals surface area (Å²) in [5, 5.41) is 0. The van der Waals surface area contributed by atoms with Crippen LogP contribution in [0.5, 0.6) is 5.75 Å². The Morgan fingerprint density at radius 2 is 1.93 bits per heavy atom. The summed E-state index contributed by atoms with van der Waals surface area (Å²) in [5.41, 5.74) is 0. The number of hydrogen-bond donors (Lipinski definition) is 0. The van der Waals surface area contributed by atoms with E-state index in [2.05, 4.69) is 0 Å². The molecule has 0 radical (unpaired) electrons. The molecule has 1 rings (SSSR count). The average Bonchev–Trinajstić information content (AvgIpc) is 2.14. The molecule has 1 aromatic carbocycles. The van der Waals surface area contributed by atoms with Crippen molar-refractivity contribution >= 4 is 10.1 Å². The van der Waals surface area contributed by atoms with Gasteiger partial charge in [-0.3, -0.25) is 0 Å². The van der Waals surface area contributed by atoms with E-state index in [-0.39, 0.29) is 40.2 Å². The first-order valence-corrected chi connectivity index (χ1v) is 5.29. The second-order valence-corrected chi connectivity index (χ2v) is 3.84. The van der Waals surface area contributed by atoms with E-state index in [1.807, 2.05) is 0 Å². The molecular weight excluding hydrogens is 227 g/mol. The summed E-state index contributed by atoms with van der Waals surface area (Å²) in [5.74, 6) is 0.0422. The first-order chi connectivity index (χ1) is 6.55. The number of para-hydroxylation sites is 1. The Kier molecular flexibility index (Phi) is 6.16. The summed E-state index contributed by atoms with van der Waals surface area (Å²) in [7, 11) is -4.47. The number of allylic oxidation sites excluding steroid dienone is 1. The number of rotatable bonds is 3. The smallest absolute Gasteiger partial charge is 0.744 e. The van der Waals surface area contributed by atoms with Crippen LogP contribution in [0.25, 0.3) is 0 Å². The van der Waals surface area contributed by atoms with Gasteiger partial charge in [-0.1, -0.05) is 18.2 Å². The summed E-state index contributed by atoms with van der Waals surface area (Å²) in [4.78, 5) is -0.349. The molecule has 0 bridgehead atoms. The van der Waals surface area contributed by atoms with Gasteiger partial charge in [-0.05, 0) is 19.1 Å². The molecule has 0 saturated carbocycles. The van der Waals surface area contributed by atoms with Crippen molar-refractivity contribution in [2.24, 2.45) is 0 Å². The van der Waals surface area contributed by atoms with Crippen molar-refractivity contribution in [2.75, 3.05) is 0 Å². The maximum Gasteiger partial charge on any atom is 1.00 e. The molecule has 0 aliphatic heterocycles. The Morgan fingerprint density at radius 3 is 2.47 bits per heavy atom. The fourth-order valence-electron chi connectivity index (χ4n) is 0.895. The van der Waals surface area contributed by atoms with E-state index < -0.39 is 10.1 Å². The van der Waals surface area contributed by atoms with Crippen LogP contribution >= 0.6 is 0 Å². The summed E-state index contributed by atoms with van der Waals surface area (Å²) >= 11 is 0. The standard InChI is InChI=1S/C9H10O4S.Na/c1-2-7-13-8-5-3-4-6-9(8)14(10,11)12;/h2-7H,1H3,(H,10,11,12);/q;+1/p-1. The van der Waals surface area contributed by atoms with Crippen LogP contribution in [0.4, 0.5) is 0 Å². The molecular formula is C9H9NaO4S. The van der Waals surface area contributed by atoms with Crippen LogP contribution in [0, 0.1) is 0 Å². The molecule has 0 N–H and O–H groups in total. The summed E-state index contributed by atoms with van der Waals surface area (Å²) in [6.07, 6.45) is 2.90. The average molecular weight is 236 g/mol. The molecule has 0 heterocycles. The molecule has 1 aromatic rings. The largest absolute Gasteiger partial charge is 1.00 e. The topological polar surface area (TPSA) is 66.4 Å². The van der Waals surface area contributed by atoms with Gasteiger partial charge in [0, 0.05) is 0 Å². The third-order valence-corrected chi connectivity index (χ3v) is 2.33. The number of benzene rings is 1. The third kappa shape index (κ3) is 4.36. The zero-order valence-electron chi connectivity index (χ0n) is 8.51. The van der Waals surface area contributed by atoms with Crippen molar-refractivity contribution in [3.8, 4) is 5.75 Å². The van der Waals surface area contributed by atoms with E-state index in [0.717, 1.165) is 0 Å². The van der Waals surface area contributed by atoms with Gasteiger partial charge in [0.1, 0.15) is 15.9 Å². The van der Waals surface area contributed by atoms with E-state index in [4.69, 9.17) is 4.74 Å². The Balaban J connectivity index is 0.00000196. The van der Waals surface area contributed by atoms with Crippen molar-refractivity contribution in [1.29, 1.82) is 0 Å². The second-order valence-electron chi connectivity index (χ2n) is 2.49. The zero-order chi connectivity index (χ0) is 10.6. The van der Waals surface area contributed by atoms with Gasteiger partial charge in [0.05, 0.1) is 11.2 Å². The minimum atomic E-state index is -4.47. The third-order valence-electron chi connectivity index (χ3n) is 1.45. The van der Waals surface area contributed by atoms with Gasteiger partial charge in [0.2, 0.25) is 0 Å². The molecule has 0 unspecified atom stereocenters. The van der Waals surface area contributed by atoms with Gasteiger partial charge in [-0.25, -0.2) is 8.42 Å². The Morgan fingerprint density at radius 1 is 1.33 bits per heavy atom. The van der Waals surface area contributed by atoms with Crippen LogP contribution in [0.15, 0.2) is 41.5 Å². The van der Waals surface area contributed by atoms with E-state index >= 15 is 0 Å². The van der Waals surface area contributed by atoms with Gasteiger partial charge >= 0.3 is 29.6 Å². The molecule has 0 saturated heterocycles. The number of hydrogen-bond acceptors (Lipinski definition) is 4. The molecule has 15 heavy (non-hydrogen) atoms. The van der Waals surface area contributed by atoms with E-state index in [1.165, 1.54) is 24.5 Å². The zero-order valence-corrected chi connectivity index (χ0v) is 11.3. The SMILES string of the molecule is CC=COc1ccccc1S(=O)(=O)[O-].[Na+]. The van der Waals surface area contributed by atoms with Crippen molar-refractivity contribution in [3.05, 3.63) is 36.6 Å². The Bertz CT molecular complexity index is 439. The fraction of sp³-hybridized carbons (Fsp3) is 0.111. The van der Waals surface area contributed by atoms with Crippen molar-refractivity contribution in [3.63, 3.8) is 0 Å². The Labute approximate surface area is 111 Å². The monoisotopic (exact) mass is 236 g/mol. The summed E-state index contributed by atoms with van der Waals surface area (Å²) in [6.45, 7) is 1.72. The van der Waals surface area contributed by atoms with Crippen LogP contribution in [0.3, 0.4) is 0 Å². The predicted octanol–water partition coefficient (Wildman–Crippen LogP) is -1.49. The van der Waals surface area contributed by atoms with Gasteiger partial charge in [0.15, 0.2) is 0 Å². The fourth-order valence-corrected chi connectivity index (χ4v) is 1.50. The predicted molar refractivity (Wildman–Crippen MR) is 49.8 cm³/mol. The van der Waals surface area contributed by atoms with Crippen LogP contribution in [-0.2, 0) is 10.1 Å². The first kappa shape index (κ1) is 14.7. The van der Waals surface area contributed by atoms with E-state index in [9.17, 15) is 13.0 Å². The number of ether oxygens (including phenoxy) is 1. The second kappa shape index (κ2) is 6.30. The molecule has 0 aliphatic carbocycles. The van der Waals surface area contributed by atoms with E-state index in [1.54, 1.807) is 19.1 Å². The molecule has 4 nitrogen and oxygen atoms in total. The van der Waals surface area contributed by atoms with Crippen molar-refractivity contribution in [1.82, 2.24) is 0 Å². The molecule has 0 atom stereocenters. The summed E-state index contributed by atoms with van der Waals surface area (Å²) < 4.78 is 37.2. The molecule has 6 heteroatoms. The molecule has 0 fully saturated rings. The first-order valence-electron chi connectivity index (χ1n) is 3.88. The van der Waals surface area contributed by atoms with E-state index in [0.29, 0.717) is 0 Å². The van der Waals surface area contributed by atoms with Gasteiger partial charge < -0.3 is 9.29 Å². The molecule has 76 valence electrons. The van der Waals surface area contributed by atoms with Crippen LogP contribution < -0.4 is 34.3 Å². The quantitative estimate of drug-likeness (QED) is 0.364. The van der Waals surface area contributed by atoms with Crippen molar-refractivity contribution in [2.45, 2.75) is 11.8 Å². The normalized spacial score (nSPS) is 11.1. The van der Waals surface area contributed by atoms with Crippen LogP contribution in [0.2, 0.25) is 0 Å². The van der Waals surface area contributed by atoms with Gasteiger partial charge in [-0.2, -0.15) is 0 Å². The minimum absolute atomic E-state index is 0. The van der Waals surface area contributed by atoms with Gasteiger partial charge in [-0.15, -0.1) is 0 Å². The van der Waals surface area contributed by atoms with Crippen LogP contribution in [0.1, 0.15) is 6.92 Å². The minimum Gasteiger partial charge on any atom is -0.744 e. The molecule has 0 amide bonds. The van der Waals surface area contributed by atoms with Crippen molar-refractivity contribution < 1.29 is 47.3 Å². The molecule has 0 aliphatic rings.